The average molecular weight is 522 g/mol. The smallest absolute Gasteiger partial charge is 0.248 e. The molecule has 4 rings (SSSR count). The topological polar surface area (TPSA) is 87.7 Å². The molecule has 1 unspecified atom stereocenters. The molecule has 0 spiro atoms. The minimum atomic E-state index is -1.06. The van der Waals surface area contributed by atoms with E-state index in [1.165, 1.54) is 6.92 Å². The number of likely N-dealkylation sites (N-methyl/N-ethyl adjacent to an activating group) is 1. The molecule has 3 aromatic rings. The van der Waals surface area contributed by atoms with E-state index in [4.69, 9.17) is 4.74 Å². The van der Waals surface area contributed by atoms with Crippen LogP contribution < -0.4 is 10.6 Å². The number of carbonyl (C=O) groups is 3. The van der Waals surface area contributed by atoms with Crippen LogP contribution in [0.15, 0.2) is 78.9 Å². The number of hydrogen-bond donors (Lipinski definition) is 2. The van der Waals surface area contributed by atoms with Crippen LogP contribution in [-0.4, -0.2) is 48.4 Å². The van der Waals surface area contributed by atoms with Crippen molar-refractivity contribution in [3.8, 4) is 0 Å². The molecule has 0 radical (unpaired) electrons. The maximum atomic E-state index is 13.7. The molecule has 0 aromatic heterocycles. The molecule has 1 fully saturated rings. The van der Waals surface area contributed by atoms with E-state index in [-0.39, 0.29) is 30.5 Å². The number of nitrogens with one attached hydrogen (secondary N) is 2. The summed E-state index contributed by atoms with van der Waals surface area (Å²) in [6.45, 7) is 1.68. The lowest BCUT2D eigenvalue weighted by atomic mass is 10.0. The molecule has 1 heterocycles. The van der Waals surface area contributed by atoms with E-state index in [1.54, 1.807) is 11.9 Å². The van der Waals surface area contributed by atoms with Crippen molar-refractivity contribution in [1.29, 1.82) is 0 Å². The molecule has 198 valence electrons. The van der Waals surface area contributed by atoms with Crippen LogP contribution in [-0.2, 0) is 25.5 Å². The predicted molar refractivity (Wildman–Crippen MR) is 137 cm³/mol. The van der Waals surface area contributed by atoms with Gasteiger partial charge in [-0.1, -0.05) is 60.7 Å². The zero-order valence-electron chi connectivity index (χ0n) is 21.1. The summed E-state index contributed by atoms with van der Waals surface area (Å²) in [5.74, 6) is -3.13. The minimum absolute atomic E-state index is 0.137. The maximum absolute atomic E-state index is 13.7. The van der Waals surface area contributed by atoms with Gasteiger partial charge in [0.1, 0.15) is 29.8 Å². The van der Waals surface area contributed by atoms with Crippen LogP contribution in [0.25, 0.3) is 0 Å². The molecule has 3 aromatic carbocycles. The third-order valence-corrected chi connectivity index (χ3v) is 6.49. The average Bonchev–Trinajstić information content (AvgIpc) is 3.01. The van der Waals surface area contributed by atoms with Gasteiger partial charge in [0, 0.05) is 13.1 Å². The Balaban J connectivity index is 1.51. The molecule has 2 N–H and O–H groups in total. The first-order valence-corrected chi connectivity index (χ1v) is 12.3. The van der Waals surface area contributed by atoms with Crippen LogP contribution in [0.3, 0.4) is 0 Å². The van der Waals surface area contributed by atoms with E-state index in [9.17, 15) is 23.2 Å². The number of halogens is 2. The van der Waals surface area contributed by atoms with Crippen LogP contribution in [0.4, 0.5) is 8.78 Å². The van der Waals surface area contributed by atoms with Crippen molar-refractivity contribution in [3.63, 3.8) is 0 Å². The Morgan fingerprint density at radius 2 is 1.55 bits per heavy atom. The number of ether oxygens (including phenoxy) is 1. The second-order valence-corrected chi connectivity index (χ2v) is 9.27. The Morgan fingerprint density at radius 3 is 2.16 bits per heavy atom. The highest BCUT2D eigenvalue weighted by atomic mass is 19.1. The zero-order chi connectivity index (χ0) is 27.2. The van der Waals surface area contributed by atoms with Crippen LogP contribution in [0.2, 0.25) is 0 Å². The van der Waals surface area contributed by atoms with E-state index in [0.717, 1.165) is 23.3 Å². The largest absolute Gasteiger partial charge is 0.368 e. The Hall–Kier alpha value is -4.11. The third kappa shape index (κ3) is 6.41. The van der Waals surface area contributed by atoms with Gasteiger partial charge >= 0.3 is 0 Å². The summed E-state index contributed by atoms with van der Waals surface area (Å²) < 4.78 is 33.2. The molecule has 1 saturated heterocycles. The number of carbonyl (C=O) groups excluding carboxylic acids is 3. The first-order valence-electron chi connectivity index (χ1n) is 12.3. The standard InChI is InChI=1S/C29H29F2N3O4/c1-18(32-25(35)15-19-13-22(30)16-23(31)14-19)28(36)33-26-27(21-11-7-4-8-12-21)38-17-24(34(2)29(26)37)20-9-5-3-6-10-20/h3-14,16,18,24,26-27H,15,17H2,1-2H3,(H,32,35)(H,33,36)/t18-,24-,26-,27?/m0/s1. The molecule has 1 aliphatic heterocycles. The number of hydrogen-bond acceptors (Lipinski definition) is 4. The van der Waals surface area contributed by atoms with Gasteiger partial charge in [0.05, 0.1) is 19.1 Å². The Bertz CT molecular complexity index is 1270. The summed E-state index contributed by atoms with van der Waals surface area (Å²) in [5.41, 5.74) is 1.76. The number of nitrogens with zero attached hydrogens (tertiary/aromatic N) is 1. The van der Waals surface area contributed by atoms with Gasteiger partial charge in [-0.05, 0) is 35.7 Å². The van der Waals surface area contributed by atoms with Gasteiger partial charge in [0.25, 0.3) is 0 Å². The third-order valence-electron chi connectivity index (χ3n) is 6.49. The van der Waals surface area contributed by atoms with E-state index in [0.29, 0.717) is 6.07 Å². The molecular formula is C29H29F2N3O4. The van der Waals surface area contributed by atoms with Gasteiger partial charge in [-0.2, -0.15) is 0 Å². The summed E-state index contributed by atoms with van der Waals surface area (Å²) in [4.78, 5) is 40.8. The van der Waals surface area contributed by atoms with Gasteiger partial charge in [-0.25, -0.2) is 8.78 Å². The second-order valence-electron chi connectivity index (χ2n) is 9.27. The molecule has 38 heavy (non-hydrogen) atoms. The Kier molecular flexibility index (Phi) is 8.48. The zero-order valence-corrected chi connectivity index (χ0v) is 21.1. The van der Waals surface area contributed by atoms with Crippen LogP contribution in [0.5, 0.6) is 0 Å². The van der Waals surface area contributed by atoms with Crippen molar-refractivity contribution in [2.24, 2.45) is 0 Å². The van der Waals surface area contributed by atoms with Crippen molar-refractivity contribution < 1.29 is 27.9 Å². The molecular weight excluding hydrogens is 492 g/mol. The van der Waals surface area contributed by atoms with Crippen molar-refractivity contribution in [1.82, 2.24) is 15.5 Å². The van der Waals surface area contributed by atoms with Crippen LogP contribution >= 0.6 is 0 Å². The molecule has 4 atom stereocenters. The molecule has 1 aliphatic rings. The molecule has 7 nitrogen and oxygen atoms in total. The summed E-state index contributed by atoms with van der Waals surface area (Å²) in [7, 11) is 1.67. The number of amides is 3. The maximum Gasteiger partial charge on any atom is 0.248 e. The van der Waals surface area contributed by atoms with Gasteiger partial charge in [0.15, 0.2) is 0 Å². The molecule has 3 amide bonds. The molecule has 0 saturated carbocycles. The quantitative estimate of drug-likeness (QED) is 0.499. The van der Waals surface area contributed by atoms with Crippen molar-refractivity contribution >= 4 is 17.7 Å². The second kappa shape index (κ2) is 12.0. The van der Waals surface area contributed by atoms with Gasteiger partial charge in [-0.3, -0.25) is 14.4 Å². The van der Waals surface area contributed by atoms with Crippen LogP contribution in [0, 0.1) is 11.6 Å². The van der Waals surface area contributed by atoms with E-state index < -0.39 is 41.6 Å². The SMILES string of the molecule is C[C@H](NC(=O)Cc1cc(F)cc(F)c1)C(=O)N[C@@H]1C(=O)N(C)[C@H](c2ccccc2)COC1c1ccccc1. The number of benzene rings is 3. The normalized spacial score (nSPS) is 20.4. The van der Waals surface area contributed by atoms with Crippen molar-refractivity contribution in [3.05, 3.63) is 107 Å². The molecule has 0 bridgehead atoms. The monoisotopic (exact) mass is 521 g/mol. The van der Waals surface area contributed by atoms with Crippen molar-refractivity contribution in [2.45, 2.75) is 37.6 Å². The van der Waals surface area contributed by atoms with Crippen molar-refractivity contribution in [2.75, 3.05) is 13.7 Å². The lowest BCUT2D eigenvalue weighted by Gasteiger charge is -2.29. The molecule has 9 heteroatoms. The Morgan fingerprint density at radius 1 is 0.974 bits per heavy atom. The van der Waals surface area contributed by atoms with Gasteiger partial charge in [0.2, 0.25) is 17.7 Å². The minimum Gasteiger partial charge on any atom is -0.368 e. The summed E-state index contributed by atoms with van der Waals surface area (Å²) in [5, 5.41) is 5.28. The fraction of sp³-hybridized carbons (Fsp3) is 0.276. The summed E-state index contributed by atoms with van der Waals surface area (Å²) in [6, 6.07) is 19.0. The lowest BCUT2D eigenvalue weighted by molar-refractivity contribution is -0.138. The first kappa shape index (κ1) is 26.9. The van der Waals surface area contributed by atoms with E-state index in [1.807, 2.05) is 60.7 Å². The first-order chi connectivity index (χ1) is 18.2. The summed E-state index contributed by atoms with van der Waals surface area (Å²) in [6.07, 6.45) is -1.08. The summed E-state index contributed by atoms with van der Waals surface area (Å²) >= 11 is 0. The molecule has 0 aliphatic carbocycles. The Labute approximate surface area is 219 Å². The highest BCUT2D eigenvalue weighted by molar-refractivity contribution is 5.92. The van der Waals surface area contributed by atoms with Gasteiger partial charge in [-0.15, -0.1) is 0 Å². The van der Waals surface area contributed by atoms with E-state index in [2.05, 4.69) is 10.6 Å². The fourth-order valence-electron chi connectivity index (χ4n) is 4.50. The highest BCUT2D eigenvalue weighted by Gasteiger charge is 2.40. The highest BCUT2D eigenvalue weighted by Crippen LogP contribution is 2.32. The lowest BCUT2D eigenvalue weighted by Crippen LogP contribution is -2.54. The number of rotatable bonds is 7. The van der Waals surface area contributed by atoms with E-state index >= 15 is 0 Å². The predicted octanol–water partition coefficient (Wildman–Crippen LogP) is 3.47. The van der Waals surface area contributed by atoms with Gasteiger partial charge < -0.3 is 20.3 Å². The van der Waals surface area contributed by atoms with Crippen LogP contribution in [0.1, 0.15) is 35.8 Å². The fourth-order valence-corrected chi connectivity index (χ4v) is 4.50.